The van der Waals surface area contributed by atoms with Gasteiger partial charge in [0.25, 0.3) is 0 Å². The summed E-state index contributed by atoms with van der Waals surface area (Å²) in [6.45, 7) is 4.45. The molecule has 1 aromatic rings. The summed E-state index contributed by atoms with van der Waals surface area (Å²) < 4.78 is 0. The Labute approximate surface area is 91.3 Å². The van der Waals surface area contributed by atoms with Crippen LogP contribution < -0.4 is 5.32 Å². The largest absolute Gasteiger partial charge is 0.383 e. The minimum atomic E-state index is 0.570. The Balaban J connectivity index is 2.50. The fraction of sp³-hybridized carbons (Fsp3) is 0.500. The van der Waals surface area contributed by atoms with Crippen LogP contribution in [0.1, 0.15) is 26.7 Å². The highest BCUT2D eigenvalue weighted by Crippen LogP contribution is 2.18. The van der Waals surface area contributed by atoms with Crippen LogP contribution in [-0.2, 0) is 0 Å². The topological polar surface area (TPSA) is 12.0 Å². The Morgan fingerprint density at radius 1 is 1.29 bits per heavy atom. The van der Waals surface area contributed by atoms with Crippen molar-refractivity contribution in [3.05, 3.63) is 24.3 Å². The SMILES string of the molecule is CCC[C@H](C)Nc1ccc(SC)cc1. The number of hydrogen-bond acceptors (Lipinski definition) is 2. The number of hydrogen-bond donors (Lipinski definition) is 1. The van der Waals surface area contributed by atoms with Crippen molar-refractivity contribution >= 4 is 17.4 Å². The number of benzene rings is 1. The van der Waals surface area contributed by atoms with Gasteiger partial charge in [0.1, 0.15) is 0 Å². The lowest BCUT2D eigenvalue weighted by Gasteiger charge is -2.14. The first-order valence-corrected chi connectivity index (χ1v) is 6.39. The van der Waals surface area contributed by atoms with Crippen LogP contribution in [0.3, 0.4) is 0 Å². The molecule has 0 heterocycles. The molecule has 0 saturated heterocycles. The van der Waals surface area contributed by atoms with Crippen LogP contribution in [-0.4, -0.2) is 12.3 Å². The van der Waals surface area contributed by atoms with Crippen molar-refractivity contribution in [2.24, 2.45) is 0 Å². The molecule has 0 aromatic heterocycles. The Morgan fingerprint density at radius 2 is 1.93 bits per heavy atom. The molecule has 0 bridgehead atoms. The average Bonchev–Trinajstić information content (AvgIpc) is 2.19. The predicted molar refractivity (Wildman–Crippen MR) is 66.2 cm³/mol. The third-order valence-corrected chi connectivity index (χ3v) is 2.97. The summed E-state index contributed by atoms with van der Waals surface area (Å²) in [5.41, 5.74) is 1.23. The van der Waals surface area contributed by atoms with Crippen LogP contribution in [0, 0.1) is 0 Å². The molecular weight excluding hydrogens is 190 g/mol. The third kappa shape index (κ3) is 3.62. The van der Waals surface area contributed by atoms with Crippen molar-refractivity contribution in [3.8, 4) is 0 Å². The van der Waals surface area contributed by atoms with Gasteiger partial charge in [-0.3, -0.25) is 0 Å². The van der Waals surface area contributed by atoms with Gasteiger partial charge < -0.3 is 5.32 Å². The minimum absolute atomic E-state index is 0.570. The van der Waals surface area contributed by atoms with E-state index in [-0.39, 0.29) is 0 Å². The summed E-state index contributed by atoms with van der Waals surface area (Å²) in [6.07, 6.45) is 4.56. The molecule has 0 unspecified atom stereocenters. The molecule has 1 atom stereocenters. The lowest BCUT2D eigenvalue weighted by molar-refractivity contribution is 0.690. The molecule has 0 aliphatic carbocycles. The van der Waals surface area contributed by atoms with Gasteiger partial charge in [0, 0.05) is 16.6 Å². The van der Waals surface area contributed by atoms with Crippen LogP contribution >= 0.6 is 11.8 Å². The summed E-state index contributed by atoms with van der Waals surface area (Å²) >= 11 is 1.78. The van der Waals surface area contributed by atoms with E-state index in [1.807, 2.05) is 0 Å². The van der Waals surface area contributed by atoms with E-state index in [1.54, 1.807) is 11.8 Å². The lowest BCUT2D eigenvalue weighted by atomic mass is 10.2. The van der Waals surface area contributed by atoms with E-state index in [0.717, 1.165) is 0 Å². The highest BCUT2D eigenvalue weighted by molar-refractivity contribution is 7.98. The van der Waals surface area contributed by atoms with Crippen molar-refractivity contribution in [3.63, 3.8) is 0 Å². The first kappa shape index (κ1) is 11.4. The third-order valence-electron chi connectivity index (χ3n) is 2.22. The fourth-order valence-electron chi connectivity index (χ4n) is 1.48. The van der Waals surface area contributed by atoms with Gasteiger partial charge in [-0.2, -0.15) is 0 Å². The minimum Gasteiger partial charge on any atom is -0.383 e. The maximum atomic E-state index is 3.48. The molecule has 0 spiro atoms. The van der Waals surface area contributed by atoms with Crippen LogP contribution in [0.5, 0.6) is 0 Å². The second kappa shape index (κ2) is 5.97. The molecule has 1 nitrogen and oxygen atoms in total. The van der Waals surface area contributed by atoms with E-state index in [9.17, 15) is 0 Å². The van der Waals surface area contributed by atoms with Crippen molar-refractivity contribution < 1.29 is 0 Å². The van der Waals surface area contributed by atoms with Crippen LogP contribution in [0.25, 0.3) is 0 Å². The number of anilines is 1. The predicted octanol–water partition coefficient (Wildman–Crippen LogP) is 4.01. The Bertz CT molecular complexity index is 256. The van der Waals surface area contributed by atoms with Gasteiger partial charge in [0.15, 0.2) is 0 Å². The van der Waals surface area contributed by atoms with Gasteiger partial charge in [-0.15, -0.1) is 11.8 Å². The first-order chi connectivity index (χ1) is 6.76. The molecule has 1 aromatic carbocycles. The zero-order chi connectivity index (χ0) is 10.4. The van der Waals surface area contributed by atoms with E-state index in [1.165, 1.54) is 23.4 Å². The summed E-state index contributed by atoms with van der Waals surface area (Å²) in [5.74, 6) is 0. The first-order valence-electron chi connectivity index (χ1n) is 5.17. The van der Waals surface area contributed by atoms with Gasteiger partial charge in [-0.05, 0) is 43.9 Å². The Hall–Kier alpha value is -0.630. The van der Waals surface area contributed by atoms with Crippen molar-refractivity contribution in [2.75, 3.05) is 11.6 Å². The molecule has 1 rings (SSSR count). The van der Waals surface area contributed by atoms with Gasteiger partial charge >= 0.3 is 0 Å². The second-order valence-electron chi connectivity index (χ2n) is 3.56. The molecule has 0 aliphatic rings. The van der Waals surface area contributed by atoms with Crippen molar-refractivity contribution in [2.45, 2.75) is 37.6 Å². The van der Waals surface area contributed by atoms with E-state index >= 15 is 0 Å². The zero-order valence-corrected chi connectivity index (χ0v) is 10.0. The molecule has 78 valence electrons. The molecule has 0 saturated carbocycles. The van der Waals surface area contributed by atoms with Gasteiger partial charge in [-0.25, -0.2) is 0 Å². The molecule has 0 aliphatic heterocycles. The molecule has 0 fully saturated rings. The van der Waals surface area contributed by atoms with Gasteiger partial charge in [-0.1, -0.05) is 13.3 Å². The van der Waals surface area contributed by atoms with E-state index in [4.69, 9.17) is 0 Å². The van der Waals surface area contributed by atoms with Crippen molar-refractivity contribution in [1.29, 1.82) is 0 Å². The smallest absolute Gasteiger partial charge is 0.0342 e. The second-order valence-corrected chi connectivity index (χ2v) is 4.44. The number of rotatable bonds is 5. The van der Waals surface area contributed by atoms with E-state index < -0.39 is 0 Å². The lowest BCUT2D eigenvalue weighted by Crippen LogP contribution is -2.14. The van der Waals surface area contributed by atoms with Crippen LogP contribution in [0.4, 0.5) is 5.69 Å². The maximum absolute atomic E-state index is 3.48. The van der Waals surface area contributed by atoms with E-state index in [0.29, 0.717) is 6.04 Å². The number of nitrogens with one attached hydrogen (secondary N) is 1. The molecule has 1 N–H and O–H groups in total. The summed E-state index contributed by atoms with van der Waals surface area (Å²) in [6, 6.07) is 9.19. The summed E-state index contributed by atoms with van der Waals surface area (Å²) in [7, 11) is 0. The van der Waals surface area contributed by atoms with Gasteiger partial charge in [0.2, 0.25) is 0 Å². The maximum Gasteiger partial charge on any atom is 0.0342 e. The van der Waals surface area contributed by atoms with E-state index in [2.05, 4.69) is 49.7 Å². The summed E-state index contributed by atoms with van der Waals surface area (Å²) in [4.78, 5) is 1.32. The quantitative estimate of drug-likeness (QED) is 0.735. The highest BCUT2D eigenvalue weighted by atomic mass is 32.2. The van der Waals surface area contributed by atoms with Crippen LogP contribution in [0.2, 0.25) is 0 Å². The highest BCUT2D eigenvalue weighted by Gasteiger charge is 1.99. The number of thioether (sulfide) groups is 1. The Kier molecular flexibility index (Phi) is 4.88. The summed E-state index contributed by atoms with van der Waals surface area (Å²) in [5, 5.41) is 3.48. The normalized spacial score (nSPS) is 12.5. The average molecular weight is 209 g/mol. The Morgan fingerprint density at radius 3 is 2.43 bits per heavy atom. The fourth-order valence-corrected chi connectivity index (χ4v) is 1.89. The standard InChI is InChI=1S/C12H19NS/c1-4-5-10(2)13-11-6-8-12(14-3)9-7-11/h6-10,13H,4-5H2,1-3H3/t10-/m0/s1. The monoisotopic (exact) mass is 209 g/mol. The molecular formula is C12H19NS. The molecule has 14 heavy (non-hydrogen) atoms. The zero-order valence-electron chi connectivity index (χ0n) is 9.21. The van der Waals surface area contributed by atoms with Crippen molar-refractivity contribution in [1.82, 2.24) is 0 Å². The molecule has 2 heteroatoms. The molecule has 0 radical (unpaired) electrons. The van der Waals surface area contributed by atoms with Gasteiger partial charge in [0.05, 0.1) is 0 Å². The molecule has 0 amide bonds. The van der Waals surface area contributed by atoms with Crippen LogP contribution in [0.15, 0.2) is 29.2 Å².